The van der Waals surface area contributed by atoms with Crippen molar-refractivity contribution in [2.45, 2.75) is 24.5 Å². The second kappa shape index (κ2) is 5.50. The molecule has 3 nitrogen and oxygen atoms in total. The highest BCUT2D eigenvalue weighted by Crippen LogP contribution is 2.30. The van der Waals surface area contributed by atoms with Gasteiger partial charge in [-0.1, -0.05) is 6.42 Å². The number of carbonyl (C=O) groups excluding carboxylic acids is 1. The molecule has 0 aromatic rings. The Labute approximate surface area is 83.4 Å². The molecule has 1 aliphatic rings. The Bertz CT molecular complexity index is 169. The number of esters is 1. The third-order valence-corrected chi connectivity index (χ3v) is 3.94. The molecule has 0 aliphatic carbocycles. The molecule has 1 aliphatic heterocycles. The van der Waals surface area contributed by atoms with Crippen molar-refractivity contribution in [2.75, 3.05) is 19.4 Å². The van der Waals surface area contributed by atoms with Crippen LogP contribution >= 0.6 is 11.8 Å². The maximum atomic E-state index is 11.3. The molecule has 4 heteroatoms. The van der Waals surface area contributed by atoms with Gasteiger partial charge in [0.05, 0.1) is 13.0 Å². The number of rotatable bonds is 3. The molecule has 2 unspecified atom stereocenters. The summed E-state index contributed by atoms with van der Waals surface area (Å²) in [7, 11) is 1.43. The lowest BCUT2D eigenvalue weighted by atomic mass is 10.0. The summed E-state index contributed by atoms with van der Waals surface area (Å²) in [5.74, 6) is 0.898. The zero-order valence-electron chi connectivity index (χ0n) is 7.99. The Morgan fingerprint density at radius 3 is 2.92 bits per heavy atom. The average Bonchev–Trinajstić information content (AvgIpc) is 2.20. The van der Waals surface area contributed by atoms with Gasteiger partial charge >= 0.3 is 5.97 Å². The van der Waals surface area contributed by atoms with Gasteiger partial charge in [-0.25, -0.2) is 0 Å². The van der Waals surface area contributed by atoms with Gasteiger partial charge in [-0.2, -0.15) is 11.8 Å². The van der Waals surface area contributed by atoms with Crippen molar-refractivity contribution in [1.82, 2.24) is 0 Å². The molecule has 76 valence electrons. The normalized spacial score (nSPS) is 25.2. The van der Waals surface area contributed by atoms with E-state index in [-0.39, 0.29) is 11.9 Å². The smallest absolute Gasteiger partial charge is 0.311 e. The van der Waals surface area contributed by atoms with Crippen molar-refractivity contribution >= 4 is 17.7 Å². The minimum Gasteiger partial charge on any atom is -0.469 e. The predicted octanol–water partition coefficient (Wildman–Crippen LogP) is 1.02. The van der Waals surface area contributed by atoms with Crippen LogP contribution in [0.3, 0.4) is 0 Å². The van der Waals surface area contributed by atoms with Crippen molar-refractivity contribution in [2.24, 2.45) is 11.7 Å². The fourth-order valence-electron chi connectivity index (χ4n) is 1.63. The molecule has 1 rings (SSSR count). The SMILES string of the molecule is COC(=O)C(CN)C1CCCCS1. The molecule has 1 heterocycles. The summed E-state index contributed by atoms with van der Waals surface area (Å²) in [6.45, 7) is 0.407. The number of thioether (sulfide) groups is 1. The third kappa shape index (κ3) is 2.88. The van der Waals surface area contributed by atoms with E-state index < -0.39 is 0 Å². The van der Waals surface area contributed by atoms with Crippen molar-refractivity contribution in [3.05, 3.63) is 0 Å². The fourth-order valence-corrected chi connectivity index (χ4v) is 3.10. The Balaban J connectivity index is 2.48. The van der Waals surface area contributed by atoms with Gasteiger partial charge in [-0.15, -0.1) is 0 Å². The number of ether oxygens (including phenoxy) is 1. The van der Waals surface area contributed by atoms with E-state index in [1.54, 1.807) is 0 Å². The molecule has 13 heavy (non-hydrogen) atoms. The van der Waals surface area contributed by atoms with Gasteiger partial charge in [0.2, 0.25) is 0 Å². The Kier molecular flexibility index (Phi) is 4.59. The first-order chi connectivity index (χ1) is 6.29. The van der Waals surface area contributed by atoms with Gasteiger partial charge in [0.1, 0.15) is 0 Å². The van der Waals surface area contributed by atoms with Gasteiger partial charge in [0.15, 0.2) is 0 Å². The maximum Gasteiger partial charge on any atom is 0.311 e. The Morgan fingerprint density at radius 1 is 1.69 bits per heavy atom. The van der Waals surface area contributed by atoms with Crippen LogP contribution in [0.5, 0.6) is 0 Å². The molecule has 0 radical (unpaired) electrons. The molecule has 0 aromatic heterocycles. The zero-order chi connectivity index (χ0) is 9.68. The Morgan fingerprint density at radius 2 is 2.46 bits per heavy atom. The lowest BCUT2D eigenvalue weighted by molar-refractivity contribution is -0.145. The summed E-state index contributed by atoms with van der Waals surface area (Å²) in [5, 5.41) is 0.381. The highest BCUT2D eigenvalue weighted by atomic mass is 32.2. The topological polar surface area (TPSA) is 52.3 Å². The van der Waals surface area contributed by atoms with E-state index in [4.69, 9.17) is 10.5 Å². The van der Waals surface area contributed by atoms with Crippen molar-refractivity contribution in [3.8, 4) is 0 Å². The lowest BCUT2D eigenvalue weighted by Gasteiger charge is -2.26. The number of hydrogen-bond acceptors (Lipinski definition) is 4. The summed E-state index contributed by atoms with van der Waals surface area (Å²) in [6, 6.07) is 0. The minimum atomic E-state index is -0.151. The zero-order valence-corrected chi connectivity index (χ0v) is 8.81. The van der Waals surface area contributed by atoms with Crippen LogP contribution in [0, 0.1) is 5.92 Å². The minimum absolute atomic E-state index is 0.102. The highest BCUT2D eigenvalue weighted by Gasteiger charge is 2.29. The highest BCUT2D eigenvalue weighted by molar-refractivity contribution is 8.00. The van der Waals surface area contributed by atoms with E-state index in [0.29, 0.717) is 11.8 Å². The predicted molar refractivity (Wildman–Crippen MR) is 54.7 cm³/mol. The molecular weight excluding hydrogens is 186 g/mol. The average molecular weight is 203 g/mol. The number of carbonyl (C=O) groups is 1. The molecule has 0 bridgehead atoms. The molecule has 1 saturated heterocycles. The molecule has 0 spiro atoms. The van der Waals surface area contributed by atoms with Crippen LogP contribution in [0.2, 0.25) is 0 Å². The molecular formula is C9H17NO2S. The van der Waals surface area contributed by atoms with Crippen LogP contribution in [-0.2, 0) is 9.53 Å². The monoisotopic (exact) mass is 203 g/mol. The standard InChI is InChI=1S/C9H17NO2S/c1-12-9(11)7(6-10)8-4-2-3-5-13-8/h7-8H,2-6,10H2,1H3. The van der Waals surface area contributed by atoms with Gasteiger partial charge in [0, 0.05) is 11.8 Å². The van der Waals surface area contributed by atoms with E-state index in [2.05, 4.69) is 0 Å². The van der Waals surface area contributed by atoms with E-state index in [1.807, 2.05) is 11.8 Å². The number of nitrogens with two attached hydrogens (primary N) is 1. The van der Waals surface area contributed by atoms with Crippen molar-refractivity contribution < 1.29 is 9.53 Å². The van der Waals surface area contributed by atoms with Crippen LogP contribution in [-0.4, -0.2) is 30.6 Å². The van der Waals surface area contributed by atoms with Crippen LogP contribution in [0.4, 0.5) is 0 Å². The molecule has 0 aromatic carbocycles. The molecule has 0 amide bonds. The van der Waals surface area contributed by atoms with E-state index in [0.717, 1.165) is 12.2 Å². The first-order valence-electron chi connectivity index (χ1n) is 4.69. The van der Waals surface area contributed by atoms with Gasteiger partial charge in [-0.05, 0) is 18.6 Å². The van der Waals surface area contributed by atoms with Crippen LogP contribution in [0.1, 0.15) is 19.3 Å². The lowest BCUT2D eigenvalue weighted by Crippen LogP contribution is -2.35. The van der Waals surface area contributed by atoms with E-state index in [1.165, 1.54) is 20.0 Å². The first-order valence-corrected chi connectivity index (χ1v) is 5.74. The largest absolute Gasteiger partial charge is 0.469 e. The summed E-state index contributed by atoms with van der Waals surface area (Å²) in [4.78, 5) is 11.3. The third-order valence-electron chi connectivity index (χ3n) is 2.42. The first kappa shape index (κ1) is 10.9. The summed E-state index contributed by atoms with van der Waals surface area (Å²) in [5.41, 5.74) is 5.57. The Hall–Kier alpha value is -0.220. The quantitative estimate of drug-likeness (QED) is 0.696. The number of methoxy groups -OCH3 is 1. The van der Waals surface area contributed by atoms with Gasteiger partial charge in [-0.3, -0.25) is 4.79 Å². The summed E-state index contributed by atoms with van der Waals surface area (Å²) in [6.07, 6.45) is 3.58. The summed E-state index contributed by atoms with van der Waals surface area (Å²) < 4.78 is 4.72. The van der Waals surface area contributed by atoms with Gasteiger partial charge in [0.25, 0.3) is 0 Å². The molecule has 1 fully saturated rings. The molecule has 2 N–H and O–H groups in total. The van der Waals surface area contributed by atoms with Gasteiger partial charge < -0.3 is 10.5 Å². The van der Waals surface area contributed by atoms with E-state index in [9.17, 15) is 4.79 Å². The second-order valence-corrected chi connectivity index (χ2v) is 4.62. The number of hydrogen-bond donors (Lipinski definition) is 1. The van der Waals surface area contributed by atoms with Crippen molar-refractivity contribution in [1.29, 1.82) is 0 Å². The maximum absolute atomic E-state index is 11.3. The second-order valence-electron chi connectivity index (χ2n) is 3.27. The summed E-state index contributed by atoms with van der Waals surface area (Å²) >= 11 is 1.86. The molecule has 2 atom stereocenters. The van der Waals surface area contributed by atoms with E-state index >= 15 is 0 Å². The fraction of sp³-hybridized carbons (Fsp3) is 0.889. The van der Waals surface area contributed by atoms with Crippen LogP contribution in [0.15, 0.2) is 0 Å². The van der Waals surface area contributed by atoms with Crippen LogP contribution < -0.4 is 5.73 Å². The van der Waals surface area contributed by atoms with Crippen LogP contribution in [0.25, 0.3) is 0 Å². The van der Waals surface area contributed by atoms with Crippen molar-refractivity contribution in [3.63, 3.8) is 0 Å². The molecule has 0 saturated carbocycles.